The molecule has 1 amide bonds. The normalized spacial score (nSPS) is 16.8. The van der Waals surface area contributed by atoms with Gasteiger partial charge in [0.15, 0.2) is 0 Å². The lowest BCUT2D eigenvalue weighted by atomic mass is 10.2. The summed E-state index contributed by atoms with van der Waals surface area (Å²) in [5.74, 6) is -0.0520. The molecule has 21 heavy (non-hydrogen) atoms. The minimum Gasteiger partial charge on any atom is -0.350 e. The van der Waals surface area contributed by atoms with Crippen LogP contribution in [0.2, 0.25) is 0 Å². The number of pyridine rings is 1. The maximum Gasteiger partial charge on any atom is 0.252 e. The van der Waals surface area contributed by atoms with Crippen molar-refractivity contribution < 1.29 is 4.79 Å². The Kier molecular flexibility index (Phi) is 4.62. The van der Waals surface area contributed by atoms with E-state index in [1.165, 1.54) is 17.7 Å². The molecule has 0 aliphatic carbocycles. The minimum atomic E-state index is -0.0520. The lowest BCUT2D eigenvalue weighted by Gasteiger charge is -2.26. The Morgan fingerprint density at radius 1 is 1.33 bits per heavy atom. The van der Waals surface area contributed by atoms with Crippen LogP contribution in [-0.4, -0.2) is 35.4 Å². The van der Waals surface area contributed by atoms with E-state index in [1.54, 1.807) is 35.9 Å². The maximum absolute atomic E-state index is 12.2. The SMILES string of the molecule is O=C(NCC(c1cccs1)N1CCCC1)c1cccnc1. The van der Waals surface area contributed by atoms with Gasteiger partial charge in [0.05, 0.1) is 11.6 Å². The summed E-state index contributed by atoms with van der Waals surface area (Å²) in [6.45, 7) is 2.88. The van der Waals surface area contributed by atoms with Gasteiger partial charge in [0.25, 0.3) is 5.91 Å². The molecule has 1 atom stereocenters. The largest absolute Gasteiger partial charge is 0.350 e. The van der Waals surface area contributed by atoms with Crippen LogP contribution in [0.4, 0.5) is 0 Å². The van der Waals surface area contributed by atoms with Gasteiger partial charge < -0.3 is 5.32 Å². The van der Waals surface area contributed by atoms with Gasteiger partial charge in [-0.25, -0.2) is 0 Å². The van der Waals surface area contributed by atoms with Gasteiger partial charge in [-0.05, 0) is 49.5 Å². The van der Waals surface area contributed by atoms with Crippen molar-refractivity contribution in [3.8, 4) is 0 Å². The van der Waals surface area contributed by atoms with Crippen LogP contribution in [0.5, 0.6) is 0 Å². The van der Waals surface area contributed by atoms with E-state index < -0.39 is 0 Å². The number of nitrogens with zero attached hydrogens (tertiary/aromatic N) is 2. The molecular formula is C16H19N3OS. The first-order valence-electron chi connectivity index (χ1n) is 7.30. The molecule has 1 fully saturated rings. The second-order valence-electron chi connectivity index (χ2n) is 5.23. The van der Waals surface area contributed by atoms with Crippen molar-refractivity contribution in [3.05, 3.63) is 52.5 Å². The van der Waals surface area contributed by atoms with Crippen LogP contribution in [-0.2, 0) is 0 Å². The van der Waals surface area contributed by atoms with Crippen molar-refractivity contribution >= 4 is 17.2 Å². The fourth-order valence-corrected chi connectivity index (χ4v) is 3.59. The fraction of sp³-hybridized carbons (Fsp3) is 0.375. The first-order valence-corrected chi connectivity index (χ1v) is 8.18. The Morgan fingerprint density at radius 3 is 2.86 bits per heavy atom. The van der Waals surface area contributed by atoms with Crippen molar-refractivity contribution in [2.45, 2.75) is 18.9 Å². The summed E-state index contributed by atoms with van der Waals surface area (Å²) < 4.78 is 0. The summed E-state index contributed by atoms with van der Waals surface area (Å²) in [6, 6.07) is 8.09. The summed E-state index contributed by atoms with van der Waals surface area (Å²) in [5, 5.41) is 5.15. The zero-order valence-corrected chi connectivity index (χ0v) is 12.7. The molecule has 3 rings (SSSR count). The molecule has 3 heterocycles. The van der Waals surface area contributed by atoms with E-state index >= 15 is 0 Å². The number of thiophene rings is 1. The van der Waals surface area contributed by atoms with Gasteiger partial charge in [0.1, 0.15) is 0 Å². The molecular weight excluding hydrogens is 282 g/mol. The Hall–Kier alpha value is -1.72. The fourth-order valence-electron chi connectivity index (χ4n) is 2.73. The molecule has 1 saturated heterocycles. The van der Waals surface area contributed by atoms with Crippen LogP contribution in [0.3, 0.4) is 0 Å². The van der Waals surface area contributed by atoms with E-state index in [-0.39, 0.29) is 11.9 Å². The average Bonchev–Trinajstić information content (AvgIpc) is 3.22. The van der Waals surface area contributed by atoms with Gasteiger partial charge in [-0.15, -0.1) is 11.3 Å². The van der Waals surface area contributed by atoms with E-state index in [9.17, 15) is 4.79 Å². The third kappa shape index (κ3) is 3.49. The van der Waals surface area contributed by atoms with E-state index in [2.05, 4.69) is 32.7 Å². The van der Waals surface area contributed by atoms with Gasteiger partial charge in [0, 0.05) is 23.8 Å². The average molecular weight is 301 g/mol. The van der Waals surface area contributed by atoms with Crippen LogP contribution in [0, 0.1) is 0 Å². The third-order valence-electron chi connectivity index (χ3n) is 3.83. The van der Waals surface area contributed by atoms with Crippen molar-refractivity contribution in [1.29, 1.82) is 0 Å². The lowest BCUT2D eigenvalue weighted by molar-refractivity contribution is 0.0938. The molecule has 0 bridgehead atoms. The van der Waals surface area contributed by atoms with Gasteiger partial charge in [-0.3, -0.25) is 14.7 Å². The molecule has 4 nitrogen and oxygen atoms in total. The summed E-state index contributed by atoms with van der Waals surface area (Å²) in [7, 11) is 0. The number of rotatable bonds is 5. The highest BCUT2D eigenvalue weighted by atomic mass is 32.1. The Morgan fingerprint density at radius 2 is 2.19 bits per heavy atom. The molecule has 0 saturated carbocycles. The van der Waals surface area contributed by atoms with Crippen LogP contribution in [0.1, 0.15) is 34.1 Å². The predicted octanol–water partition coefficient (Wildman–Crippen LogP) is 2.71. The molecule has 5 heteroatoms. The van der Waals surface area contributed by atoms with Gasteiger partial charge in [-0.1, -0.05) is 6.07 Å². The van der Waals surface area contributed by atoms with E-state index in [1.807, 2.05) is 0 Å². The van der Waals surface area contributed by atoms with E-state index in [0.29, 0.717) is 12.1 Å². The van der Waals surface area contributed by atoms with Crippen LogP contribution in [0.25, 0.3) is 0 Å². The second-order valence-corrected chi connectivity index (χ2v) is 6.21. The maximum atomic E-state index is 12.2. The van der Waals surface area contributed by atoms with Gasteiger partial charge >= 0.3 is 0 Å². The summed E-state index contributed by atoms with van der Waals surface area (Å²) in [6.07, 6.45) is 5.78. The molecule has 1 aliphatic rings. The molecule has 0 spiro atoms. The number of carbonyl (C=O) groups excluding carboxylic acids is 1. The molecule has 0 aromatic carbocycles. The second kappa shape index (κ2) is 6.83. The third-order valence-corrected chi connectivity index (χ3v) is 4.81. The highest BCUT2D eigenvalue weighted by Gasteiger charge is 2.24. The topological polar surface area (TPSA) is 45.2 Å². The molecule has 2 aromatic rings. The molecule has 1 aliphatic heterocycles. The zero-order chi connectivity index (χ0) is 14.5. The molecule has 1 unspecified atom stereocenters. The highest BCUT2D eigenvalue weighted by Crippen LogP contribution is 2.27. The van der Waals surface area contributed by atoms with Gasteiger partial charge in [0.2, 0.25) is 0 Å². The number of amides is 1. The first kappa shape index (κ1) is 14.2. The van der Waals surface area contributed by atoms with Crippen molar-refractivity contribution in [2.75, 3.05) is 19.6 Å². The molecule has 1 N–H and O–H groups in total. The number of aromatic nitrogens is 1. The number of likely N-dealkylation sites (tertiary alicyclic amines) is 1. The van der Waals surface area contributed by atoms with E-state index in [4.69, 9.17) is 0 Å². The Labute approximate surface area is 128 Å². The van der Waals surface area contributed by atoms with Crippen LogP contribution in [0.15, 0.2) is 42.0 Å². The summed E-state index contributed by atoms with van der Waals surface area (Å²) >= 11 is 1.76. The number of nitrogens with one attached hydrogen (secondary N) is 1. The zero-order valence-electron chi connectivity index (χ0n) is 11.9. The standard InChI is InChI=1S/C16H19N3OS/c20-16(13-5-3-7-17-11-13)18-12-14(15-6-4-10-21-15)19-8-1-2-9-19/h3-7,10-11,14H,1-2,8-9,12H2,(H,18,20). The lowest BCUT2D eigenvalue weighted by Crippen LogP contribution is -2.36. The smallest absolute Gasteiger partial charge is 0.252 e. The summed E-state index contributed by atoms with van der Waals surface area (Å²) in [4.78, 5) is 19.9. The molecule has 110 valence electrons. The minimum absolute atomic E-state index is 0.0520. The first-order chi connectivity index (χ1) is 10.3. The monoisotopic (exact) mass is 301 g/mol. The Bertz CT molecular complexity index is 564. The summed E-state index contributed by atoms with van der Waals surface area (Å²) in [5.41, 5.74) is 0.615. The molecule has 0 radical (unpaired) electrons. The Balaban J connectivity index is 1.66. The quantitative estimate of drug-likeness (QED) is 0.923. The van der Waals surface area contributed by atoms with E-state index in [0.717, 1.165) is 13.1 Å². The number of carbonyl (C=O) groups is 1. The van der Waals surface area contributed by atoms with Crippen molar-refractivity contribution in [1.82, 2.24) is 15.2 Å². The van der Waals surface area contributed by atoms with Crippen LogP contribution < -0.4 is 5.32 Å². The van der Waals surface area contributed by atoms with Crippen molar-refractivity contribution in [2.24, 2.45) is 0 Å². The predicted molar refractivity (Wildman–Crippen MR) is 84.4 cm³/mol. The number of hydrogen-bond acceptors (Lipinski definition) is 4. The molecule has 2 aromatic heterocycles. The van der Waals surface area contributed by atoms with Crippen LogP contribution >= 0.6 is 11.3 Å². The van der Waals surface area contributed by atoms with Crippen molar-refractivity contribution in [3.63, 3.8) is 0 Å². The number of hydrogen-bond donors (Lipinski definition) is 1. The van der Waals surface area contributed by atoms with Gasteiger partial charge in [-0.2, -0.15) is 0 Å². The highest BCUT2D eigenvalue weighted by molar-refractivity contribution is 7.10.